The average Bonchev–Trinajstić information content (AvgIpc) is 2.26. The first-order valence-electron chi connectivity index (χ1n) is 5.21. The number of hydrogen-bond acceptors (Lipinski definition) is 3. The zero-order valence-electron chi connectivity index (χ0n) is 9.03. The molecular weight excluding hydrogens is 204 g/mol. The first-order valence-corrected chi connectivity index (χ1v) is 5.21. The fourth-order valence-electron chi connectivity index (χ4n) is 1.56. The standard InChI is InChI=1S/C12H14N2O2/c1-8(15)7-13-11-6-9-4-2-3-5-10(9)12(16)14-11/h2-6,8,15H,7H2,1H3,(H2,13,14,16). The Morgan fingerprint density at radius 2 is 2.19 bits per heavy atom. The Morgan fingerprint density at radius 3 is 2.94 bits per heavy atom. The van der Waals surface area contributed by atoms with E-state index >= 15 is 0 Å². The number of aliphatic hydroxyl groups is 1. The lowest BCUT2D eigenvalue weighted by atomic mass is 10.2. The maximum Gasteiger partial charge on any atom is 0.257 e. The summed E-state index contributed by atoms with van der Waals surface area (Å²) in [4.78, 5) is 14.4. The van der Waals surface area contributed by atoms with Crippen LogP contribution >= 0.6 is 0 Å². The van der Waals surface area contributed by atoms with Gasteiger partial charge in [-0.2, -0.15) is 0 Å². The van der Waals surface area contributed by atoms with Gasteiger partial charge in [0.2, 0.25) is 0 Å². The molecule has 84 valence electrons. The fourth-order valence-corrected chi connectivity index (χ4v) is 1.56. The second kappa shape index (κ2) is 4.37. The van der Waals surface area contributed by atoms with Crippen molar-refractivity contribution in [1.29, 1.82) is 0 Å². The molecule has 0 aliphatic carbocycles. The molecule has 1 aromatic heterocycles. The molecule has 4 heteroatoms. The molecule has 0 saturated heterocycles. The second-order valence-electron chi connectivity index (χ2n) is 3.83. The number of aliphatic hydroxyl groups excluding tert-OH is 1. The van der Waals surface area contributed by atoms with Gasteiger partial charge < -0.3 is 15.4 Å². The number of H-pyrrole nitrogens is 1. The lowest BCUT2D eigenvalue weighted by Crippen LogP contribution is -2.18. The number of rotatable bonds is 3. The van der Waals surface area contributed by atoms with Gasteiger partial charge in [0.1, 0.15) is 5.82 Å². The summed E-state index contributed by atoms with van der Waals surface area (Å²) in [6.45, 7) is 2.10. The summed E-state index contributed by atoms with van der Waals surface area (Å²) in [7, 11) is 0. The Morgan fingerprint density at radius 1 is 1.44 bits per heavy atom. The van der Waals surface area contributed by atoms with Gasteiger partial charge in [-0.25, -0.2) is 0 Å². The topological polar surface area (TPSA) is 65.1 Å². The molecule has 0 saturated carbocycles. The molecule has 0 amide bonds. The minimum atomic E-state index is -0.449. The summed E-state index contributed by atoms with van der Waals surface area (Å²) in [5.74, 6) is 0.629. The summed E-state index contributed by atoms with van der Waals surface area (Å²) in [6, 6.07) is 9.25. The first kappa shape index (κ1) is 10.7. The van der Waals surface area contributed by atoms with Crippen LogP contribution in [0.2, 0.25) is 0 Å². The number of benzene rings is 1. The van der Waals surface area contributed by atoms with E-state index in [1.807, 2.05) is 24.3 Å². The minimum Gasteiger partial charge on any atom is -0.392 e. The van der Waals surface area contributed by atoms with Crippen molar-refractivity contribution in [2.45, 2.75) is 13.0 Å². The van der Waals surface area contributed by atoms with Crippen LogP contribution in [0.15, 0.2) is 35.1 Å². The van der Waals surface area contributed by atoms with Crippen LogP contribution < -0.4 is 10.9 Å². The number of aromatic amines is 1. The van der Waals surface area contributed by atoms with Crippen molar-refractivity contribution in [3.63, 3.8) is 0 Å². The largest absolute Gasteiger partial charge is 0.392 e. The van der Waals surface area contributed by atoms with Crippen molar-refractivity contribution in [1.82, 2.24) is 4.98 Å². The van der Waals surface area contributed by atoms with Crippen molar-refractivity contribution in [3.8, 4) is 0 Å². The zero-order chi connectivity index (χ0) is 11.5. The summed E-state index contributed by atoms with van der Waals surface area (Å²) in [5.41, 5.74) is -0.119. The minimum absolute atomic E-state index is 0.119. The highest BCUT2D eigenvalue weighted by atomic mass is 16.3. The lowest BCUT2D eigenvalue weighted by Gasteiger charge is -2.08. The van der Waals surface area contributed by atoms with Crippen LogP contribution in [0.5, 0.6) is 0 Å². The van der Waals surface area contributed by atoms with Crippen molar-refractivity contribution >= 4 is 16.6 Å². The lowest BCUT2D eigenvalue weighted by molar-refractivity contribution is 0.208. The third kappa shape index (κ3) is 2.23. The zero-order valence-corrected chi connectivity index (χ0v) is 9.03. The molecule has 0 fully saturated rings. The monoisotopic (exact) mass is 218 g/mol. The Kier molecular flexibility index (Phi) is 2.92. The normalized spacial score (nSPS) is 12.6. The summed E-state index contributed by atoms with van der Waals surface area (Å²) in [6.07, 6.45) is -0.449. The Hall–Kier alpha value is -1.81. The number of anilines is 1. The summed E-state index contributed by atoms with van der Waals surface area (Å²) >= 11 is 0. The van der Waals surface area contributed by atoms with Crippen LogP contribution in [-0.4, -0.2) is 22.7 Å². The van der Waals surface area contributed by atoms with Gasteiger partial charge in [-0.15, -0.1) is 0 Å². The molecule has 2 aromatic rings. The molecule has 0 bridgehead atoms. The third-order valence-corrected chi connectivity index (χ3v) is 2.34. The van der Waals surface area contributed by atoms with E-state index in [0.717, 1.165) is 5.39 Å². The van der Waals surface area contributed by atoms with Gasteiger partial charge >= 0.3 is 0 Å². The van der Waals surface area contributed by atoms with Gasteiger partial charge in [0.25, 0.3) is 5.56 Å². The SMILES string of the molecule is CC(O)CNc1cc2ccccc2c(=O)[nH]1. The highest BCUT2D eigenvalue weighted by molar-refractivity contribution is 5.83. The molecule has 0 aliphatic rings. The number of hydrogen-bond donors (Lipinski definition) is 3. The van der Waals surface area contributed by atoms with E-state index in [0.29, 0.717) is 17.7 Å². The molecule has 1 aromatic carbocycles. The number of aromatic nitrogens is 1. The van der Waals surface area contributed by atoms with E-state index < -0.39 is 6.10 Å². The van der Waals surface area contributed by atoms with Gasteiger partial charge in [0.15, 0.2) is 0 Å². The molecule has 3 N–H and O–H groups in total. The van der Waals surface area contributed by atoms with Crippen LogP contribution in [0.25, 0.3) is 10.8 Å². The Bertz CT molecular complexity index is 546. The van der Waals surface area contributed by atoms with Crippen molar-refractivity contribution < 1.29 is 5.11 Å². The van der Waals surface area contributed by atoms with E-state index in [1.165, 1.54) is 0 Å². The highest BCUT2D eigenvalue weighted by Crippen LogP contribution is 2.12. The number of fused-ring (bicyclic) bond motifs is 1. The molecule has 1 heterocycles. The van der Waals surface area contributed by atoms with Crippen LogP contribution in [0.1, 0.15) is 6.92 Å². The maximum absolute atomic E-state index is 11.7. The number of pyridine rings is 1. The van der Waals surface area contributed by atoms with Crippen LogP contribution in [-0.2, 0) is 0 Å². The van der Waals surface area contributed by atoms with Gasteiger partial charge in [0.05, 0.1) is 6.10 Å². The van der Waals surface area contributed by atoms with Crippen molar-refractivity contribution in [2.75, 3.05) is 11.9 Å². The van der Waals surface area contributed by atoms with Crippen LogP contribution in [0.4, 0.5) is 5.82 Å². The quantitative estimate of drug-likeness (QED) is 0.728. The molecular formula is C12H14N2O2. The third-order valence-electron chi connectivity index (χ3n) is 2.34. The smallest absolute Gasteiger partial charge is 0.257 e. The number of nitrogens with one attached hydrogen (secondary N) is 2. The van der Waals surface area contributed by atoms with E-state index in [1.54, 1.807) is 13.0 Å². The summed E-state index contributed by atoms with van der Waals surface area (Å²) in [5, 5.41) is 13.7. The average molecular weight is 218 g/mol. The molecule has 4 nitrogen and oxygen atoms in total. The molecule has 0 radical (unpaired) electrons. The first-order chi connectivity index (χ1) is 7.66. The fraction of sp³-hybridized carbons (Fsp3) is 0.250. The predicted molar refractivity (Wildman–Crippen MR) is 64.7 cm³/mol. The molecule has 2 rings (SSSR count). The molecule has 0 aliphatic heterocycles. The van der Waals surface area contributed by atoms with Gasteiger partial charge in [-0.1, -0.05) is 18.2 Å². The molecule has 0 spiro atoms. The van der Waals surface area contributed by atoms with Gasteiger partial charge in [-0.05, 0) is 24.4 Å². The van der Waals surface area contributed by atoms with Crippen LogP contribution in [0.3, 0.4) is 0 Å². The van der Waals surface area contributed by atoms with E-state index in [9.17, 15) is 4.79 Å². The predicted octanol–water partition coefficient (Wildman–Crippen LogP) is 1.32. The second-order valence-corrected chi connectivity index (χ2v) is 3.83. The van der Waals surface area contributed by atoms with E-state index in [-0.39, 0.29) is 5.56 Å². The highest BCUT2D eigenvalue weighted by Gasteiger charge is 2.01. The van der Waals surface area contributed by atoms with Gasteiger partial charge in [0, 0.05) is 11.9 Å². The van der Waals surface area contributed by atoms with Crippen molar-refractivity contribution in [2.24, 2.45) is 0 Å². The maximum atomic E-state index is 11.7. The van der Waals surface area contributed by atoms with Gasteiger partial charge in [-0.3, -0.25) is 4.79 Å². The van der Waals surface area contributed by atoms with Crippen molar-refractivity contribution in [3.05, 3.63) is 40.7 Å². The Labute approximate surface area is 92.9 Å². The Balaban J connectivity index is 2.38. The molecule has 16 heavy (non-hydrogen) atoms. The van der Waals surface area contributed by atoms with Crippen LogP contribution in [0, 0.1) is 0 Å². The molecule has 1 unspecified atom stereocenters. The summed E-state index contributed by atoms with van der Waals surface area (Å²) < 4.78 is 0. The van der Waals surface area contributed by atoms with E-state index in [4.69, 9.17) is 5.11 Å². The molecule has 1 atom stereocenters. The van der Waals surface area contributed by atoms with E-state index in [2.05, 4.69) is 10.3 Å².